The van der Waals surface area contributed by atoms with Crippen LogP contribution in [0.4, 0.5) is 4.39 Å². The number of carboxylic acid groups (broad SMARTS) is 1. The molecular formula is C23H26FN3O3. The molecule has 0 atom stereocenters. The fourth-order valence-corrected chi connectivity index (χ4v) is 3.75. The summed E-state index contributed by atoms with van der Waals surface area (Å²) in [6.07, 6.45) is 3.37. The molecule has 7 heteroatoms. The van der Waals surface area contributed by atoms with Crippen LogP contribution in [0.15, 0.2) is 36.5 Å². The lowest BCUT2D eigenvalue weighted by atomic mass is 9.96. The number of carbonyl (C=O) groups is 1. The van der Waals surface area contributed by atoms with Crippen LogP contribution in [0, 0.1) is 17.2 Å². The van der Waals surface area contributed by atoms with E-state index in [1.165, 1.54) is 12.3 Å². The van der Waals surface area contributed by atoms with Gasteiger partial charge in [0.15, 0.2) is 0 Å². The second-order valence-electron chi connectivity index (χ2n) is 8.28. The number of halogens is 1. The molecule has 0 saturated carbocycles. The number of ether oxygens (including phenoxy) is 1. The lowest BCUT2D eigenvalue weighted by Gasteiger charge is -2.34. The van der Waals surface area contributed by atoms with Gasteiger partial charge in [0.25, 0.3) is 0 Å². The third-order valence-electron chi connectivity index (χ3n) is 5.19. The average Bonchev–Trinajstić information content (AvgIpc) is 2.72. The fraction of sp³-hybridized carbons (Fsp3) is 0.435. The zero-order valence-corrected chi connectivity index (χ0v) is 17.3. The van der Waals surface area contributed by atoms with Gasteiger partial charge < -0.3 is 14.7 Å². The lowest BCUT2D eigenvalue weighted by Crippen LogP contribution is -2.41. The molecule has 30 heavy (non-hydrogen) atoms. The zero-order valence-electron chi connectivity index (χ0n) is 17.3. The fourth-order valence-electron chi connectivity index (χ4n) is 3.75. The molecule has 1 aliphatic heterocycles. The van der Waals surface area contributed by atoms with E-state index in [0.29, 0.717) is 41.6 Å². The summed E-state index contributed by atoms with van der Waals surface area (Å²) in [6.45, 7) is 5.79. The molecule has 2 heterocycles. The van der Waals surface area contributed by atoms with Crippen LogP contribution in [0.1, 0.15) is 42.6 Å². The molecule has 158 valence electrons. The van der Waals surface area contributed by atoms with Crippen molar-refractivity contribution in [3.8, 4) is 23.1 Å². The molecule has 1 aliphatic rings. The zero-order chi connectivity index (χ0) is 21.7. The molecule has 0 amide bonds. The lowest BCUT2D eigenvalue weighted by molar-refractivity contribution is 0.0697. The number of alkyl halides is 1. The van der Waals surface area contributed by atoms with E-state index in [0.717, 1.165) is 25.9 Å². The first-order valence-electron chi connectivity index (χ1n) is 10.0. The SMILES string of the molecule is CC(C)(F)CN1CCC(COc2ccc(-c3ncccc3C(=O)O)cc2C#N)CC1. The van der Waals surface area contributed by atoms with Crippen LogP contribution in [-0.2, 0) is 0 Å². The number of hydrogen-bond acceptors (Lipinski definition) is 5. The van der Waals surface area contributed by atoms with Crippen molar-refractivity contribution in [3.63, 3.8) is 0 Å². The Balaban J connectivity index is 1.65. The Kier molecular flexibility index (Phi) is 6.68. The van der Waals surface area contributed by atoms with E-state index in [1.54, 1.807) is 38.1 Å². The number of pyridine rings is 1. The Morgan fingerprint density at radius 2 is 2.10 bits per heavy atom. The molecular weight excluding hydrogens is 385 g/mol. The summed E-state index contributed by atoms with van der Waals surface area (Å²) in [5.74, 6) is -0.245. The van der Waals surface area contributed by atoms with Crippen molar-refractivity contribution >= 4 is 5.97 Å². The molecule has 1 fully saturated rings. The van der Waals surface area contributed by atoms with Gasteiger partial charge in [0.05, 0.1) is 23.4 Å². The highest BCUT2D eigenvalue weighted by Gasteiger charge is 2.25. The minimum absolute atomic E-state index is 0.0817. The quantitative estimate of drug-likeness (QED) is 0.736. The van der Waals surface area contributed by atoms with Crippen molar-refractivity contribution in [3.05, 3.63) is 47.7 Å². The van der Waals surface area contributed by atoms with Gasteiger partial charge in [0.2, 0.25) is 0 Å². The topological polar surface area (TPSA) is 86.4 Å². The molecule has 1 aromatic carbocycles. The van der Waals surface area contributed by atoms with Crippen LogP contribution >= 0.6 is 0 Å². The second kappa shape index (κ2) is 9.23. The van der Waals surface area contributed by atoms with Crippen LogP contribution in [0.25, 0.3) is 11.3 Å². The van der Waals surface area contributed by atoms with E-state index in [2.05, 4.69) is 16.0 Å². The molecule has 1 saturated heterocycles. The molecule has 0 bridgehead atoms. The summed E-state index contributed by atoms with van der Waals surface area (Å²) in [5, 5.41) is 18.9. The predicted molar refractivity (Wildman–Crippen MR) is 111 cm³/mol. The highest BCUT2D eigenvalue weighted by atomic mass is 19.1. The van der Waals surface area contributed by atoms with E-state index < -0.39 is 11.6 Å². The van der Waals surface area contributed by atoms with Gasteiger partial charge >= 0.3 is 5.97 Å². The maximum absolute atomic E-state index is 13.8. The molecule has 0 spiro atoms. The standard InChI is InChI=1S/C23H26FN3O3/c1-23(2,24)15-27-10-7-16(8-11-27)14-30-20-6-5-17(12-18(20)13-25)21-19(22(28)29)4-3-9-26-21/h3-6,9,12,16H,7-8,10-11,14-15H2,1-2H3,(H,28,29). The van der Waals surface area contributed by atoms with Gasteiger partial charge in [-0.25, -0.2) is 9.18 Å². The number of nitrogens with zero attached hydrogens (tertiary/aromatic N) is 3. The van der Waals surface area contributed by atoms with Crippen molar-refractivity contribution < 1.29 is 19.0 Å². The number of benzene rings is 1. The molecule has 2 aromatic rings. The Bertz CT molecular complexity index is 941. The molecule has 1 N–H and O–H groups in total. The second-order valence-corrected chi connectivity index (χ2v) is 8.28. The number of aromatic carboxylic acids is 1. The summed E-state index contributed by atoms with van der Waals surface area (Å²) in [6, 6.07) is 10.2. The van der Waals surface area contributed by atoms with E-state index >= 15 is 0 Å². The first-order valence-corrected chi connectivity index (χ1v) is 10.0. The Hall–Kier alpha value is -2.98. The predicted octanol–water partition coefficient (Wildman–Crippen LogP) is 4.16. The first-order chi connectivity index (χ1) is 14.3. The van der Waals surface area contributed by atoms with Crippen LogP contribution in [0.2, 0.25) is 0 Å². The largest absolute Gasteiger partial charge is 0.492 e. The molecule has 0 aliphatic carbocycles. The Morgan fingerprint density at radius 1 is 1.37 bits per heavy atom. The Labute approximate surface area is 175 Å². The van der Waals surface area contributed by atoms with Gasteiger partial charge in [-0.3, -0.25) is 4.98 Å². The number of nitriles is 1. The highest BCUT2D eigenvalue weighted by Crippen LogP contribution is 2.28. The van der Waals surface area contributed by atoms with E-state index in [-0.39, 0.29) is 5.56 Å². The van der Waals surface area contributed by atoms with E-state index in [1.807, 2.05) is 0 Å². The summed E-state index contributed by atoms with van der Waals surface area (Å²) in [5.41, 5.74) is 0.0978. The molecule has 3 rings (SSSR count). The van der Waals surface area contributed by atoms with Crippen molar-refractivity contribution in [2.75, 3.05) is 26.2 Å². The number of rotatable bonds is 7. The minimum Gasteiger partial charge on any atom is -0.492 e. The summed E-state index contributed by atoms with van der Waals surface area (Å²) >= 11 is 0. The number of carboxylic acids is 1. The third kappa shape index (κ3) is 5.55. The van der Waals surface area contributed by atoms with E-state index in [9.17, 15) is 19.6 Å². The van der Waals surface area contributed by atoms with Crippen molar-refractivity contribution in [2.24, 2.45) is 5.92 Å². The molecule has 6 nitrogen and oxygen atoms in total. The molecule has 0 unspecified atom stereocenters. The summed E-state index contributed by atoms with van der Waals surface area (Å²) in [4.78, 5) is 17.7. The van der Waals surface area contributed by atoms with Crippen molar-refractivity contribution in [1.82, 2.24) is 9.88 Å². The van der Waals surface area contributed by atoms with Crippen molar-refractivity contribution in [2.45, 2.75) is 32.4 Å². The van der Waals surface area contributed by atoms with Crippen LogP contribution < -0.4 is 4.74 Å². The van der Waals surface area contributed by atoms with Gasteiger partial charge in [-0.1, -0.05) is 0 Å². The smallest absolute Gasteiger partial charge is 0.337 e. The van der Waals surface area contributed by atoms with Gasteiger partial charge in [-0.2, -0.15) is 5.26 Å². The van der Waals surface area contributed by atoms with Gasteiger partial charge in [0.1, 0.15) is 17.5 Å². The van der Waals surface area contributed by atoms with Crippen LogP contribution in [0.5, 0.6) is 5.75 Å². The summed E-state index contributed by atoms with van der Waals surface area (Å²) < 4.78 is 19.7. The molecule has 1 aromatic heterocycles. The number of likely N-dealkylation sites (tertiary alicyclic amines) is 1. The average molecular weight is 411 g/mol. The maximum Gasteiger partial charge on any atom is 0.337 e. The third-order valence-corrected chi connectivity index (χ3v) is 5.19. The first kappa shape index (κ1) is 21.7. The normalized spacial score (nSPS) is 15.5. The van der Waals surface area contributed by atoms with Gasteiger partial charge in [0, 0.05) is 18.3 Å². The summed E-state index contributed by atoms with van der Waals surface area (Å²) in [7, 11) is 0. The van der Waals surface area contributed by atoms with Gasteiger partial charge in [-0.05, 0) is 76.0 Å². The van der Waals surface area contributed by atoms with E-state index in [4.69, 9.17) is 4.74 Å². The minimum atomic E-state index is -1.19. The van der Waals surface area contributed by atoms with Gasteiger partial charge in [-0.15, -0.1) is 0 Å². The van der Waals surface area contributed by atoms with Crippen LogP contribution in [0.3, 0.4) is 0 Å². The number of hydrogen-bond donors (Lipinski definition) is 1. The maximum atomic E-state index is 13.8. The Morgan fingerprint density at radius 3 is 2.73 bits per heavy atom. The highest BCUT2D eigenvalue weighted by molar-refractivity contribution is 5.94. The monoisotopic (exact) mass is 411 g/mol. The number of aromatic nitrogens is 1. The van der Waals surface area contributed by atoms with Crippen molar-refractivity contribution in [1.29, 1.82) is 5.26 Å². The van der Waals surface area contributed by atoms with Crippen LogP contribution in [-0.4, -0.2) is 52.9 Å². The molecule has 0 radical (unpaired) electrons. The number of piperidine rings is 1.